The Morgan fingerprint density at radius 1 is 0.806 bits per heavy atom. The molecular formula is C28H28N2O6. The molecule has 3 rings (SSSR count). The molecule has 0 saturated heterocycles. The lowest BCUT2D eigenvalue weighted by molar-refractivity contribution is -0.118. The van der Waals surface area contributed by atoms with Gasteiger partial charge >= 0.3 is 0 Å². The van der Waals surface area contributed by atoms with E-state index >= 15 is 0 Å². The zero-order valence-electron chi connectivity index (χ0n) is 20.1. The fourth-order valence-electron chi connectivity index (χ4n) is 4.13. The monoisotopic (exact) mass is 488 g/mol. The minimum absolute atomic E-state index is 0.0399. The highest BCUT2D eigenvalue weighted by Gasteiger charge is 2.29. The van der Waals surface area contributed by atoms with Gasteiger partial charge in [-0.3, -0.25) is 24.1 Å². The van der Waals surface area contributed by atoms with E-state index in [0.717, 1.165) is 4.90 Å². The van der Waals surface area contributed by atoms with Gasteiger partial charge in [0.05, 0.1) is 30.9 Å². The maximum atomic E-state index is 13.5. The van der Waals surface area contributed by atoms with Gasteiger partial charge in [0.25, 0.3) is 11.8 Å². The van der Waals surface area contributed by atoms with Gasteiger partial charge in [0.1, 0.15) is 0 Å². The summed E-state index contributed by atoms with van der Waals surface area (Å²) in [7, 11) is 1.50. The Kier molecular flexibility index (Phi) is 8.83. The molecular weight excluding hydrogens is 460 g/mol. The summed E-state index contributed by atoms with van der Waals surface area (Å²) in [5.41, 5.74) is 1.73. The van der Waals surface area contributed by atoms with Crippen molar-refractivity contribution in [3.63, 3.8) is 0 Å². The summed E-state index contributed by atoms with van der Waals surface area (Å²) in [6.07, 6.45) is 0.866. The van der Waals surface area contributed by atoms with E-state index < -0.39 is 30.5 Å². The number of hydrogen-bond acceptors (Lipinski definition) is 6. The molecule has 3 amide bonds. The molecule has 8 nitrogen and oxygen atoms in total. The third-order valence-corrected chi connectivity index (χ3v) is 6.17. The van der Waals surface area contributed by atoms with Gasteiger partial charge in [0.15, 0.2) is 6.29 Å². The van der Waals surface area contributed by atoms with Crippen LogP contribution >= 0.6 is 0 Å². The van der Waals surface area contributed by atoms with Crippen LogP contribution in [0.2, 0.25) is 0 Å². The third-order valence-electron chi connectivity index (χ3n) is 6.17. The molecule has 3 aromatic carbocycles. The molecule has 36 heavy (non-hydrogen) atoms. The van der Waals surface area contributed by atoms with Crippen molar-refractivity contribution in [2.45, 2.75) is 19.0 Å². The van der Waals surface area contributed by atoms with Crippen LogP contribution in [0.1, 0.15) is 59.8 Å². The lowest BCUT2D eigenvalue weighted by Crippen LogP contribution is -2.37. The second-order valence-electron chi connectivity index (χ2n) is 8.32. The van der Waals surface area contributed by atoms with E-state index in [1.807, 2.05) is 6.07 Å². The summed E-state index contributed by atoms with van der Waals surface area (Å²) in [4.78, 5) is 52.9. The van der Waals surface area contributed by atoms with E-state index in [2.05, 4.69) is 0 Å². The SMILES string of the molecule is Cc1cc(C=O)c(C(=O)N(C)C(CO)c2ccccc2)cc1C(=O)N(C=O)C(CO)c1ccccc1. The Hall–Kier alpha value is -4.14. The Labute approximate surface area is 209 Å². The number of amides is 3. The van der Waals surface area contributed by atoms with Gasteiger partial charge < -0.3 is 15.1 Å². The zero-order valence-corrected chi connectivity index (χ0v) is 20.1. The molecule has 0 heterocycles. The Morgan fingerprint density at radius 3 is 1.81 bits per heavy atom. The summed E-state index contributed by atoms with van der Waals surface area (Å²) < 4.78 is 0. The fourth-order valence-corrected chi connectivity index (χ4v) is 4.13. The highest BCUT2D eigenvalue weighted by atomic mass is 16.3. The van der Waals surface area contributed by atoms with E-state index in [-0.39, 0.29) is 23.3 Å². The molecule has 0 saturated carbocycles. The van der Waals surface area contributed by atoms with Gasteiger partial charge in [0.2, 0.25) is 6.41 Å². The number of rotatable bonds is 10. The van der Waals surface area contributed by atoms with E-state index in [4.69, 9.17) is 0 Å². The minimum atomic E-state index is -0.931. The molecule has 2 unspecified atom stereocenters. The number of aldehydes is 1. The third kappa shape index (κ3) is 5.40. The first-order chi connectivity index (χ1) is 17.4. The summed E-state index contributed by atoms with van der Waals surface area (Å²) >= 11 is 0. The number of nitrogens with zero attached hydrogens (tertiary/aromatic N) is 2. The maximum absolute atomic E-state index is 13.5. The van der Waals surface area contributed by atoms with Gasteiger partial charge in [0, 0.05) is 18.2 Å². The molecule has 0 radical (unpaired) electrons. The van der Waals surface area contributed by atoms with Gasteiger partial charge in [-0.05, 0) is 35.7 Å². The Morgan fingerprint density at radius 2 is 1.33 bits per heavy atom. The number of aliphatic hydroxyl groups is 2. The summed E-state index contributed by atoms with van der Waals surface area (Å²) in [6.45, 7) is 0.746. The van der Waals surface area contributed by atoms with Gasteiger partial charge in [-0.15, -0.1) is 0 Å². The molecule has 0 aliphatic carbocycles. The van der Waals surface area contributed by atoms with Crippen molar-refractivity contribution in [2.24, 2.45) is 0 Å². The number of aliphatic hydroxyl groups excluding tert-OH is 2. The minimum Gasteiger partial charge on any atom is -0.394 e. The average Bonchev–Trinajstić information content (AvgIpc) is 2.92. The van der Waals surface area contributed by atoms with Crippen LogP contribution in [0.5, 0.6) is 0 Å². The largest absolute Gasteiger partial charge is 0.394 e. The van der Waals surface area contributed by atoms with Crippen molar-refractivity contribution < 1.29 is 29.4 Å². The molecule has 8 heteroatoms. The number of carbonyl (C=O) groups is 4. The molecule has 0 spiro atoms. The van der Waals surface area contributed by atoms with E-state index in [0.29, 0.717) is 29.4 Å². The van der Waals surface area contributed by atoms with Crippen LogP contribution in [0.3, 0.4) is 0 Å². The first-order valence-electron chi connectivity index (χ1n) is 11.3. The first-order valence-corrected chi connectivity index (χ1v) is 11.3. The van der Waals surface area contributed by atoms with E-state index in [1.165, 1.54) is 24.1 Å². The smallest absolute Gasteiger partial charge is 0.261 e. The topological polar surface area (TPSA) is 115 Å². The number of benzene rings is 3. The molecule has 0 bridgehead atoms. The number of likely N-dealkylation sites (N-methyl/N-ethyl adjacent to an activating group) is 1. The maximum Gasteiger partial charge on any atom is 0.261 e. The lowest BCUT2D eigenvalue weighted by Gasteiger charge is -2.28. The Balaban J connectivity index is 2.02. The summed E-state index contributed by atoms with van der Waals surface area (Å²) in [5.74, 6) is -1.30. The molecule has 0 aromatic heterocycles. The average molecular weight is 489 g/mol. The lowest BCUT2D eigenvalue weighted by atomic mass is 9.96. The van der Waals surface area contributed by atoms with Gasteiger partial charge in [-0.25, -0.2) is 0 Å². The summed E-state index contributed by atoms with van der Waals surface area (Å²) in [5, 5.41) is 19.9. The quantitative estimate of drug-likeness (QED) is 0.424. The van der Waals surface area contributed by atoms with Crippen molar-refractivity contribution in [1.82, 2.24) is 9.80 Å². The van der Waals surface area contributed by atoms with Crippen LogP contribution in [0.4, 0.5) is 0 Å². The second kappa shape index (κ2) is 12.0. The standard InChI is InChI=1S/C28H28N2O6/c1-19-13-22(15-31)24(27(35)29(2)25(16-32)20-9-5-3-6-10-20)14-23(19)28(36)30(18-34)26(17-33)21-11-7-4-8-12-21/h3-15,18,25-26,32-33H,16-17H2,1-2H3. The van der Waals surface area contributed by atoms with Crippen molar-refractivity contribution in [2.75, 3.05) is 20.3 Å². The van der Waals surface area contributed by atoms with Crippen LogP contribution in [0, 0.1) is 6.92 Å². The highest BCUT2D eigenvalue weighted by Crippen LogP contribution is 2.26. The van der Waals surface area contributed by atoms with Crippen LogP contribution in [0.15, 0.2) is 72.8 Å². The molecule has 0 aliphatic heterocycles. The van der Waals surface area contributed by atoms with Crippen molar-refractivity contribution in [3.05, 3.63) is 106 Å². The van der Waals surface area contributed by atoms with E-state index in [1.54, 1.807) is 61.5 Å². The predicted molar refractivity (Wildman–Crippen MR) is 133 cm³/mol. The van der Waals surface area contributed by atoms with Crippen molar-refractivity contribution >= 4 is 24.5 Å². The van der Waals surface area contributed by atoms with Gasteiger partial charge in [-0.1, -0.05) is 60.7 Å². The molecule has 0 aliphatic rings. The second-order valence-corrected chi connectivity index (χ2v) is 8.32. The van der Waals surface area contributed by atoms with Crippen LogP contribution in [-0.4, -0.2) is 64.8 Å². The fraction of sp³-hybridized carbons (Fsp3) is 0.214. The van der Waals surface area contributed by atoms with Crippen LogP contribution in [0.25, 0.3) is 0 Å². The number of carbonyl (C=O) groups excluding carboxylic acids is 4. The predicted octanol–water partition coefficient (Wildman–Crippen LogP) is 2.95. The van der Waals surface area contributed by atoms with Gasteiger partial charge in [-0.2, -0.15) is 0 Å². The normalized spacial score (nSPS) is 12.3. The molecule has 0 fully saturated rings. The van der Waals surface area contributed by atoms with Crippen molar-refractivity contribution in [1.29, 1.82) is 0 Å². The molecule has 186 valence electrons. The summed E-state index contributed by atoms with van der Waals surface area (Å²) in [6, 6.07) is 18.6. The van der Waals surface area contributed by atoms with Crippen LogP contribution in [-0.2, 0) is 4.79 Å². The Bertz CT molecular complexity index is 1230. The molecule has 2 atom stereocenters. The molecule has 3 aromatic rings. The van der Waals surface area contributed by atoms with E-state index in [9.17, 15) is 29.4 Å². The molecule has 2 N–H and O–H groups in total. The van der Waals surface area contributed by atoms with Crippen molar-refractivity contribution in [3.8, 4) is 0 Å². The number of imide groups is 1. The number of aryl methyl sites for hydroxylation is 1. The highest BCUT2D eigenvalue weighted by molar-refractivity contribution is 6.07. The number of hydrogen-bond donors (Lipinski definition) is 2. The first kappa shape index (κ1) is 26.5. The zero-order chi connectivity index (χ0) is 26.2. The van der Waals surface area contributed by atoms with Crippen LogP contribution < -0.4 is 0 Å².